The van der Waals surface area contributed by atoms with Crippen molar-refractivity contribution in [3.63, 3.8) is 0 Å². The number of nitrogens with zero attached hydrogens (tertiary/aromatic N) is 3. The van der Waals surface area contributed by atoms with Gasteiger partial charge in [-0.15, -0.1) is 0 Å². The van der Waals surface area contributed by atoms with Crippen LogP contribution in [0.5, 0.6) is 0 Å². The van der Waals surface area contributed by atoms with Crippen molar-refractivity contribution in [1.29, 1.82) is 0 Å². The fourth-order valence-electron chi connectivity index (χ4n) is 1.44. The molecule has 1 aromatic rings. The molecule has 0 saturated carbocycles. The molecule has 0 aromatic carbocycles. The maximum absolute atomic E-state index is 11.9. The second-order valence-corrected chi connectivity index (χ2v) is 5.62. The largest absolute Gasteiger partial charge is 1.00 e. The predicted molar refractivity (Wildman–Crippen MR) is 54.2 cm³/mol. The minimum Gasteiger partial charge on any atom is -1.00 e. The molecule has 0 atom stereocenters. The summed E-state index contributed by atoms with van der Waals surface area (Å²) in [4.78, 5) is 14.3. The Bertz CT molecular complexity index is 526. The average Bonchev–Trinajstić information content (AvgIpc) is 2.47. The molecule has 1 saturated heterocycles. The van der Waals surface area contributed by atoms with E-state index in [0.29, 0.717) is 0 Å². The normalized spacial score (nSPS) is 17.2. The molecule has 1 aromatic heterocycles. The first-order valence-electron chi connectivity index (χ1n) is 4.62. The van der Waals surface area contributed by atoms with Crippen LogP contribution in [0.1, 0.15) is 1.43 Å². The van der Waals surface area contributed by atoms with Gasteiger partial charge in [0, 0.05) is 26.3 Å². The second-order valence-electron chi connectivity index (χ2n) is 3.73. The summed E-state index contributed by atoms with van der Waals surface area (Å²) in [6.45, 7) is 0.0441. The number of carbonyl (C=O) groups is 1. The van der Waals surface area contributed by atoms with Crippen molar-refractivity contribution in [1.82, 2.24) is 13.9 Å². The minimum absolute atomic E-state index is 0. The molecular weight excluding hydrogens is 241 g/mol. The van der Waals surface area contributed by atoms with Gasteiger partial charge in [0.1, 0.15) is 0 Å². The van der Waals surface area contributed by atoms with E-state index in [2.05, 4.69) is 4.98 Å². The Balaban J connectivity index is 0.00000144. The Kier molecular flexibility index (Phi) is 4.04. The van der Waals surface area contributed by atoms with Gasteiger partial charge in [-0.05, 0) is 0 Å². The van der Waals surface area contributed by atoms with Gasteiger partial charge < -0.3 is 11.1 Å². The van der Waals surface area contributed by atoms with Gasteiger partial charge in [-0.2, -0.15) is 4.31 Å². The summed E-state index contributed by atoms with van der Waals surface area (Å²) >= 11 is 0. The van der Waals surface area contributed by atoms with E-state index in [1.165, 1.54) is 17.1 Å². The van der Waals surface area contributed by atoms with Crippen LogP contribution in [0, 0.1) is 5.92 Å². The van der Waals surface area contributed by atoms with Crippen LogP contribution in [0.2, 0.25) is 0 Å². The fourth-order valence-corrected chi connectivity index (χ4v) is 2.94. The third kappa shape index (κ3) is 2.55. The zero-order valence-electron chi connectivity index (χ0n) is 10.6. The Morgan fingerprint density at radius 2 is 2.18 bits per heavy atom. The Labute approximate surface area is 112 Å². The number of aryl methyl sites for hydroxylation is 1. The van der Waals surface area contributed by atoms with E-state index in [9.17, 15) is 13.2 Å². The summed E-state index contributed by atoms with van der Waals surface area (Å²) in [7, 11) is -1.94. The molecule has 0 aliphatic carbocycles. The van der Waals surface area contributed by atoms with Gasteiger partial charge in [0.2, 0.25) is 0 Å². The molecule has 1 N–H and O–H groups in total. The van der Waals surface area contributed by atoms with Crippen LogP contribution in [0.25, 0.3) is 0 Å². The average molecular weight is 253 g/mol. The second kappa shape index (κ2) is 4.82. The SMILES string of the molecule is Cn1cnc(S(=O)(=O)N2CC(C(=O)O)C2)c1.[H-].[Li+]. The number of aliphatic carboxylic acids is 1. The number of sulfonamides is 1. The third-order valence-corrected chi connectivity index (χ3v) is 4.20. The molecule has 0 unspecified atom stereocenters. The smallest absolute Gasteiger partial charge is 1.00 e. The monoisotopic (exact) mass is 253 g/mol. The molecule has 0 bridgehead atoms. The van der Waals surface area contributed by atoms with Gasteiger partial charge in [0.25, 0.3) is 10.0 Å². The molecule has 1 aliphatic heterocycles. The van der Waals surface area contributed by atoms with Crippen LogP contribution in [-0.2, 0) is 21.9 Å². The van der Waals surface area contributed by atoms with E-state index in [1.54, 1.807) is 7.05 Å². The zero-order chi connectivity index (χ0) is 11.9. The zero-order valence-corrected chi connectivity index (χ0v) is 10.4. The number of hydrogen-bond acceptors (Lipinski definition) is 4. The van der Waals surface area contributed by atoms with Gasteiger partial charge in [-0.25, -0.2) is 13.4 Å². The molecule has 0 radical (unpaired) electrons. The first-order valence-corrected chi connectivity index (χ1v) is 6.06. The van der Waals surface area contributed by atoms with Crippen molar-refractivity contribution in [2.75, 3.05) is 13.1 Å². The summed E-state index contributed by atoms with van der Waals surface area (Å²) in [6.07, 6.45) is 2.78. The van der Waals surface area contributed by atoms with Gasteiger partial charge in [-0.1, -0.05) is 0 Å². The standard InChI is InChI=1S/C8H11N3O4S.Li.H/c1-10-4-7(9-5-10)16(14,15)11-2-6(3-11)8(12)13;;/h4-6H,2-3H2,1H3,(H,12,13);;/q;+1;-1. The Hall–Kier alpha value is -0.813. The van der Waals surface area contributed by atoms with Crippen LogP contribution in [0.3, 0.4) is 0 Å². The molecule has 2 rings (SSSR count). The van der Waals surface area contributed by atoms with Crippen molar-refractivity contribution >= 4 is 16.0 Å². The van der Waals surface area contributed by atoms with Crippen LogP contribution < -0.4 is 18.9 Å². The van der Waals surface area contributed by atoms with Crippen LogP contribution in [0.4, 0.5) is 0 Å². The molecule has 0 spiro atoms. The first-order chi connectivity index (χ1) is 7.41. The molecule has 7 nitrogen and oxygen atoms in total. The number of hydrogen-bond donors (Lipinski definition) is 1. The fraction of sp³-hybridized carbons (Fsp3) is 0.500. The van der Waals surface area contributed by atoms with Gasteiger partial charge in [-0.3, -0.25) is 4.79 Å². The van der Waals surface area contributed by atoms with E-state index < -0.39 is 21.9 Å². The van der Waals surface area contributed by atoms with Gasteiger partial charge in [0.15, 0.2) is 5.03 Å². The van der Waals surface area contributed by atoms with Gasteiger partial charge in [0.05, 0.1) is 12.2 Å². The molecule has 1 fully saturated rings. The number of rotatable bonds is 3. The molecule has 0 amide bonds. The minimum atomic E-state index is -3.61. The summed E-state index contributed by atoms with van der Waals surface area (Å²) in [5, 5.41) is 8.61. The summed E-state index contributed by atoms with van der Waals surface area (Å²) in [5.74, 6) is -1.56. The molecule has 90 valence electrons. The Morgan fingerprint density at radius 3 is 2.59 bits per heavy atom. The maximum atomic E-state index is 11.9. The van der Waals surface area contributed by atoms with Crippen molar-refractivity contribution < 1.29 is 38.6 Å². The van der Waals surface area contributed by atoms with Crippen LogP contribution in [-0.4, -0.2) is 46.4 Å². The van der Waals surface area contributed by atoms with Crippen molar-refractivity contribution in [2.24, 2.45) is 13.0 Å². The van der Waals surface area contributed by atoms with Crippen LogP contribution in [0.15, 0.2) is 17.6 Å². The topological polar surface area (TPSA) is 92.5 Å². The van der Waals surface area contributed by atoms with E-state index in [-0.39, 0.29) is 38.4 Å². The molecule has 2 heterocycles. The van der Waals surface area contributed by atoms with Crippen molar-refractivity contribution in [3.05, 3.63) is 12.5 Å². The van der Waals surface area contributed by atoms with Crippen LogP contribution >= 0.6 is 0 Å². The summed E-state index contributed by atoms with van der Waals surface area (Å²) in [5.41, 5.74) is 0. The summed E-state index contributed by atoms with van der Waals surface area (Å²) < 4.78 is 26.4. The van der Waals surface area contributed by atoms with E-state index in [4.69, 9.17) is 5.11 Å². The van der Waals surface area contributed by atoms with E-state index in [0.717, 1.165) is 4.31 Å². The predicted octanol–water partition coefficient (Wildman–Crippen LogP) is -3.76. The van der Waals surface area contributed by atoms with Crippen molar-refractivity contribution in [2.45, 2.75) is 5.03 Å². The maximum Gasteiger partial charge on any atom is 1.00 e. The number of aromatic nitrogens is 2. The molecule has 1 aliphatic rings. The third-order valence-electron chi connectivity index (χ3n) is 2.48. The molecular formula is C8H12LiN3O4S. The first kappa shape index (κ1) is 14.2. The number of carboxylic acids is 1. The van der Waals surface area contributed by atoms with E-state index in [1.807, 2.05) is 0 Å². The quantitative estimate of drug-likeness (QED) is 0.558. The van der Waals surface area contributed by atoms with Gasteiger partial charge >= 0.3 is 24.8 Å². The molecule has 17 heavy (non-hydrogen) atoms. The Morgan fingerprint density at radius 1 is 1.59 bits per heavy atom. The molecule has 9 heteroatoms. The number of carboxylic acid groups (broad SMARTS) is 1. The summed E-state index contributed by atoms with van der Waals surface area (Å²) in [6, 6.07) is 0. The number of imidazole rings is 1. The van der Waals surface area contributed by atoms with E-state index >= 15 is 0 Å². The van der Waals surface area contributed by atoms with Crippen molar-refractivity contribution in [3.8, 4) is 0 Å².